The van der Waals surface area contributed by atoms with E-state index >= 15 is 0 Å². The molecule has 2 aromatic heterocycles. The van der Waals surface area contributed by atoms with Crippen LogP contribution in [-0.4, -0.2) is 14.7 Å². The first-order valence-electron chi connectivity index (χ1n) is 9.81. The molecule has 0 spiro atoms. The van der Waals surface area contributed by atoms with Crippen molar-refractivity contribution in [2.45, 2.75) is 12.1 Å². The van der Waals surface area contributed by atoms with E-state index in [4.69, 9.17) is 12.2 Å². The molecule has 1 saturated heterocycles. The van der Waals surface area contributed by atoms with E-state index in [1.54, 1.807) is 0 Å². The predicted octanol–water partition coefficient (Wildman–Crippen LogP) is 6.57. The van der Waals surface area contributed by atoms with E-state index in [0.29, 0.717) is 5.11 Å². The van der Waals surface area contributed by atoms with Gasteiger partial charge in [-0.05, 0) is 78.9 Å². The molecule has 1 fully saturated rings. The third-order valence-corrected chi connectivity index (χ3v) is 6.71. The van der Waals surface area contributed by atoms with Crippen LogP contribution in [0.4, 0.5) is 5.69 Å². The Bertz CT molecular complexity index is 1220. The van der Waals surface area contributed by atoms with Crippen molar-refractivity contribution in [3.05, 3.63) is 112 Å². The first kappa shape index (κ1) is 20.4. The number of nitrogens with one attached hydrogen (secondary N) is 1. The molecule has 2 aromatic carbocycles. The van der Waals surface area contributed by atoms with Gasteiger partial charge in [-0.25, -0.2) is 0 Å². The lowest BCUT2D eigenvalue weighted by Crippen LogP contribution is -2.30. The Hall–Kier alpha value is -2.48. The third kappa shape index (κ3) is 3.93. The molecule has 3 heterocycles. The molecule has 0 bridgehead atoms. The van der Waals surface area contributed by atoms with Gasteiger partial charge in [0, 0.05) is 38.4 Å². The van der Waals surface area contributed by atoms with Gasteiger partial charge in [-0.15, -0.1) is 0 Å². The van der Waals surface area contributed by atoms with Crippen LogP contribution in [0.1, 0.15) is 23.5 Å². The van der Waals surface area contributed by atoms with Crippen molar-refractivity contribution in [3.63, 3.8) is 0 Å². The van der Waals surface area contributed by atoms with Crippen LogP contribution in [0.3, 0.4) is 0 Å². The summed E-state index contributed by atoms with van der Waals surface area (Å²) in [6.07, 6.45) is 3.92. The molecule has 4 aromatic rings. The molecule has 1 aliphatic heterocycles. The lowest BCUT2D eigenvalue weighted by atomic mass is 10.0. The van der Waals surface area contributed by atoms with E-state index in [1.807, 2.05) is 48.7 Å². The van der Waals surface area contributed by atoms with Gasteiger partial charge in [-0.1, -0.05) is 44.0 Å². The van der Waals surface area contributed by atoms with Gasteiger partial charge >= 0.3 is 0 Å². The molecular weight excluding hydrogens is 536 g/mol. The SMILES string of the molecule is S=C1N[C@@H](c2ccccn2)[C@H](c2cccn2-c2cccc(Br)c2)N1c1ccc(Br)cc1. The van der Waals surface area contributed by atoms with Crippen LogP contribution in [0.5, 0.6) is 0 Å². The van der Waals surface area contributed by atoms with Crippen molar-refractivity contribution in [1.29, 1.82) is 0 Å². The normalized spacial score (nSPS) is 18.3. The summed E-state index contributed by atoms with van der Waals surface area (Å²) in [7, 11) is 0. The fourth-order valence-corrected chi connectivity index (χ4v) is 5.03. The number of thiocarbonyl (C=S) groups is 1. The summed E-state index contributed by atoms with van der Waals surface area (Å²) in [5, 5.41) is 4.21. The van der Waals surface area contributed by atoms with E-state index in [2.05, 4.69) is 94.2 Å². The lowest BCUT2D eigenvalue weighted by Gasteiger charge is -2.29. The van der Waals surface area contributed by atoms with Crippen LogP contribution in [0.2, 0.25) is 0 Å². The molecule has 31 heavy (non-hydrogen) atoms. The standard InChI is InChI=1S/C24H18Br2N4S/c25-16-9-11-18(12-10-16)30-23(22(28-24(30)31)20-7-1-2-13-27-20)21-8-4-14-29(21)19-6-3-5-17(26)15-19/h1-15,22-23H,(H,28,31)/t22-,23-/m0/s1. The average Bonchev–Trinajstić information content (AvgIpc) is 3.39. The van der Waals surface area contributed by atoms with Gasteiger partial charge in [-0.2, -0.15) is 0 Å². The molecule has 0 amide bonds. The molecule has 0 unspecified atom stereocenters. The highest BCUT2D eigenvalue weighted by Crippen LogP contribution is 2.42. The van der Waals surface area contributed by atoms with Gasteiger partial charge in [0.2, 0.25) is 0 Å². The molecule has 4 nitrogen and oxygen atoms in total. The monoisotopic (exact) mass is 552 g/mol. The van der Waals surface area contributed by atoms with Gasteiger partial charge in [0.15, 0.2) is 5.11 Å². The van der Waals surface area contributed by atoms with Crippen LogP contribution in [0, 0.1) is 0 Å². The van der Waals surface area contributed by atoms with Crippen LogP contribution >= 0.6 is 44.1 Å². The van der Waals surface area contributed by atoms with Crippen LogP contribution in [0.15, 0.2) is 100 Å². The highest BCUT2D eigenvalue weighted by molar-refractivity contribution is 9.10. The maximum absolute atomic E-state index is 5.82. The third-order valence-electron chi connectivity index (χ3n) is 5.37. The number of nitrogens with zero attached hydrogens (tertiary/aromatic N) is 3. The van der Waals surface area contributed by atoms with E-state index < -0.39 is 0 Å². The van der Waals surface area contributed by atoms with Crippen molar-refractivity contribution in [1.82, 2.24) is 14.9 Å². The molecular formula is C24H18Br2N4S. The van der Waals surface area contributed by atoms with Crippen LogP contribution in [-0.2, 0) is 0 Å². The zero-order chi connectivity index (χ0) is 21.4. The van der Waals surface area contributed by atoms with Crippen molar-refractivity contribution in [3.8, 4) is 5.69 Å². The Morgan fingerprint density at radius 3 is 2.42 bits per heavy atom. The lowest BCUT2D eigenvalue weighted by molar-refractivity contribution is 0.549. The van der Waals surface area contributed by atoms with Gasteiger partial charge in [0.05, 0.1) is 11.7 Å². The first-order chi connectivity index (χ1) is 15.1. The number of benzene rings is 2. The fraction of sp³-hybridized carbons (Fsp3) is 0.0833. The number of rotatable bonds is 4. The smallest absolute Gasteiger partial charge is 0.174 e. The van der Waals surface area contributed by atoms with Crippen molar-refractivity contribution in [2.75, 3.05) is 4.90 Å². The minimum absolute atomic E-state index is 0.0717. The minimum Gasteiger partial charge on any atom is -0.351 e. The molecule has 7 heteroatoms. The van der Waals surface area contributed by atoms with Crippen molar-refractivity contribution < 1.29 is 0 Å². The van der Waals surface area contributed by atoms with Crippen LogP contribution in [0.25, 0.3) is 5.69 Å². The Morgan fingerprint density at radius 1 is 0.839 bits per heavy atom. The van der Waals surface area contributed by atoms with Gasteiger partial charge in [0.1, 0.15) is 6.04 Å². The number of hydrogen-bond donors (Lipinski definition) is 1. The zero-order valence-corrected chi connectivity index (χ0v) is 20.3. The fourth-order valence-electron chi connectivity index (χ4n) is 4.03. The molecule has 0 radical (unpaired) electrons. The number of pyridine rings is 1. The summed E-state index contributed by atoms with van der Waals surface area (Å²) in [6.45, 7) is 0. The summed E-state index contributed by atoms with van der Waals surface area (Å²) >= 11 is 13.0. The first-order valence-corrected chi connectivity index (χ1v) is 11.8. The van der Waals surface area contributed by atoms with E-state index in [0.717, 1.165) is 31.7 Å². The average molecular weight is 554 g/mol. The Morgan fingerprint density at radius 2 is 1.68 bits per heavy atom. The highest BCUT2D eigenvalue weighted by atomic mass is 79.9. The largest absolute Gasteiger partial charge is 0.351 e. The Kier molecular flexibility index (Phi) is 5.65. The van der Waals surface area contributed by atoms with Crippen molar-refractivity contribution >= 4 is 54.9 Å². The van der Waals surface area contributed by atoms with E-state index in [-0.39, 0.29) is 12.1 Å². The number of hydrogen-bond acceptors (Lipinski definition) is 2. The highest BCUT2D eigenvalue weighted by Gasteiger charge is 2.42. The molecule has 2 atom stereocenters. The summed E-state index contributed by atoms with van der Waals surface area (Å²) in [6, 6.07) is 26.6. The maximum atomic E-state index is 5.82. The van der Waals surface area contributed by atoms with E-state index in [9.17, 15) is 0 Å². The summed E-state index contributed by atoms with van der Waals surface area (Å²) in [5.74, 6) is 0. The van der Waals surface area contributed by atoms with Crippen molar-refractivity contribution in [2.24, 2.45) is 0 Å². The zero-order valence-electron chi connectivity index (χ0n) is 16.3. The van der Waals surface area contributed by atoms with E-state index in [1.165, 1.54) is 0 Å². The second kappa shape index (κ2) is 8.57. The number of anilines is 1. The molecule has 0 saturated carbocycles. The maximum Gasteiger partial charge on any atom is 0.174 e. The van der Waals surface area contributed by atoms with Gasteiger partial charge < -0.3 is 14.8 Å². The molecule has 1 aliphatic rings. The number of halogens is 2. The minimum atomic E-state index is -0.0850. The molecule has 0 aliphatic carbocycles. The molecule has 1 N–H and O–H groups in total. The Balaban J connectivity index is 1.67. The van der Waals surface area contributed by atoms with Crippen LogP contribution < -0.4 is 10.2 Å². The van der Waals surface area contributed by atoms with Gasteiger partial charge in [0.25, 0.3) is 0 Å². The van der Waals surface area contributed by atoms with Gasteiger partial charge in [-0.3, -0.25) is 4.98 Å². The Labute approximate surface area is 203 Å². The number of aromatic nitrogens is 2. The summed E-state index contributed by atoms with van der Waals surface area (Å²) < 4.78 is 4.28. The summed E-state index contributed by atoms with van der Waals surface area (Å²) in [4.78, 5) is 6.83. The molecule has 5 rings (SSSR count). The summed E-state index contributed by atoms with van der Waals surface area (Å²) in [5.41, 5.74) is 4.20. The molecule has 154 valence electrons. The topological polar surface area (TPSA) is 33.1 Å². The quantitative estimate of drug-likeness (QED) is 0.290. The second-order valence-corrected chi connectivity index (χ2v) is 9.47. The second-order valence-electron chi connectivity index (χ2n) is 7.26. The predicted molar refractivity (Wildman–Crippen MR) is 136 cm³/mol.